The number of aryl methyl sites for hydroxylation is 1. The first kappa shape index (κ1) is 19.4. The minimum Gasteiger partial charge on any atom is -0.379 e. The predicted octanol–water partition coefficient (Wildman–Crippen LogP) is 0.860. The van der Waals surface area contributed by atoms with Gasteiger partial charge in [-0.15, -0.1) is 0 Å². The van der Waals surface area contributed by atoms with Gasteiger partial charge in [-0.2, -0.15) is 0 Å². The summed E-state index contributed by atoms with van der Waals surface area (Å²) in [5.41, 5.74) is 1.56. The molecule has 23 heavy (non-hydrogen) atoms. The molecule has 0 saturated carbocycles. The summed E-state index contributed by atoms with van der Waals surface area (Å²) < 4.78 is 40.3. The maximum absolute atomic E-state index is 13.2. The van der Waals surface area contributed by atoms with Crippen LogP contribution in [0.5, 0.6) is 0 Å². The molecule has 2 N–H and O–H groups in total. The fraction of sp³-hybridized carbons (Fsp3) is 0.533. The fourth-order valence-corrected chi connectivity index (χ4v) is 2.20. The summed E-state index contributed by atoms with van der Waals surface area (Å²) in [5, 5.41) is 6.17. The van der Waals surface area contributed by atoms with Crippen LogP contribution in [-0.2, 0) is 21.1 Å². The van der Waals surface area contributed by atoms with Gasteiger partial charge in [0.2, 0.25) is 0 Å². The molecule has 1 aromatic rings. The zero-order chi connectivity index (χ0) is 17.3. The van der Waals surface area contributed by atoms with Crippen LogP contribution in [0.1, 0.15) is 11.1 Å². The second-order valence-corrected chi connectivity index (χ2v) is 7.44. The lowest BCUT2D eigenvalue weighted by Crippen LogP contribution is -2.38. The van der Waals surface area contributed by atoms with E-state index >= 15 is 0 Å². The molecular formula is C15H24FN3O3S. The van der Waals surface area contributed by atoms with Crippen molar-refractivity contribution in [3.05, 3.63) is 35.1 Å². The number of halogens is 1. The van der Waals surface area contributed by atoms with Crippen molar-refractivity contribution >= 4 is 15.8 Å². The third kappa shape index (κ3) is 8.51. The van der Waals surface area contributed by atoms with Gasteiger partial charge in [-0.25, -0.2) is 12.8 Å². The van der Waals surface area contributed by atoms with Crippen LogP contribution in [-0.4, -0.2) is 53.2 Å². The van der Waals surface area contributed by atoms with Crippen LogP contribution in [0.2, 0.25) is 0 Å². The highest BCUT2D eigenvalue weighted by Crippen LogP contribution is 2.08. The van der Waals surface area contributed by atoms with E-state index in [4.69, 9.17) is 4.74 Å². The highest BCUT2D eigenvalue weighted by Gasteiger charge is 2.03. The number of hydrogen-bond acceptors (Lipinski definition) is 4. The van der Waals surface area contributed by atoms with Crippen molar-refractivity contribution in [2.45, 2.75) is 13.5 Å². The maximum atomic E-state index is 13.2. The van der Waals surface area contributed by atoms with Crippen molar-refractivity contribution in [2.24, 2.45) is 4.99 Å². The van der Waals surface area contributed by atoms with E-state index in [1.165, 1.54) is 12.3 Å². The lowest BCUT2D eigenvalue weighted by Gasteiger charge is -2.12. The number of nitrogens with one attached hydrogen (secondary N) is 2. The van der Waals surface area contributed by atoms with Gasteiger partial charge in [0.05, 0.1) is 19.0 Å². The molecule has 130 valence electrons. The number of ether oxygens (including phenoxy) is 1. The number of nitrogens with zero attached hydrogens (tertiary/aromatic N) is 1. The Morgan fingerprint density at radius 2 is 2.04 bits per heavy atom. The monoisotopic (exact) mass is 345 g/mol. The molecule has 0 amide bonds. The largest absolute Gasteiger partial charge is 0.379 e. The van der Waals surface area contributed by atoms with E-state index in [9.17, 15) is 12.8 Å². The van der Waals surface area contributed by atoms with Crippen molar-refractivity contribution in [1.29, 1.82) is 0 Å². The highest BCUT2D eigenvalue weighted by molar-refractivity contribution is 7.90. The molecule has 1 rings (SSSR count). The van der Waals surface area contributed by atoms with Crippen molar-refractivity contribution in [2.75, 3.05) is 38.8 Å². The van der Waals surface area contributed by atoms with Crippen LogP contribution in [0.15, 0.2) is 23.2 Å². The lowest BCUT2D eigenvalue weighted by molar-refractivity contribution is 0.154. The Bertz CT molecular complexity index is 633. The standard InChI is InChI=1S/C15H24FN3O3S/c1-12-10-13(4-5-14(12)16)11-19-15(17-2)18-6-7-22-8-9-23(3,20)21/h4-5,10H,6-9,11H2,1-3H3,(H2,17,18,19). The van der Waals surface area contributed by atoms with Gasteiger partial charge < -0.3 is 15.4 Å². The van der Waals surface area contributed by atoms with Gasteiger partial charge in [0, 0.05) is 26.4 Å². The van der Waals surface area contributed by atoms with Crippen LogP contribution >= 0.6 is 0 Å². The molecule has 0 heterocycles. The van der Waals surface area contributed by atoms with Gasteiger partial charge in [-0.3, -0.25) is 4.99 Å². The zero-order valence-corrected chi connectivity index (χ0v) is 14.5. The number of aliphatic imine (C=N–C) groups is 1. The molecule has 0 aliphatic carbocycles. The predicted molar refractivity (Wildman–Crippen MR) is 89.9 cm³/mol. The van der Waals surface area contributed by atoms with E-state index in [-0.39, 0.29) is 18.2 Å². The molecule has 0 unspecified atom stereocenters. The third-order valence-electron chi connectivity index (χ3n) is 3.04. The quantitative estimate of drug-likeness (QED) is 0.415. The van der Waals surface area contributed by atoms with Crippen molar-refractivity contribution in [3.8, 4) is 0 Å². The number of guanidine groups is 1. The molecule has 6 nitrogen and oxygen atoms in total. The Kier molecular flexibility index (Phi) is 7.97. The topological polar surface area (TPSA) is 79.8 Å². The van der Waals surface area contributed by atoms with Crippen molar-refractivity contribution in [1.82, 2.24) is 10.6 Å². The second-order valence-electron chi connectivity index (χ2n) is 5.18. The van der Waals surface area contributed by atoms with E-state index in [1.54, 1.807) is 26.1 Å². The van der Waals surface area contributed by atoms with Crippen LogP contribution < -0.4 is 10.6 Å². The van der Waals surface area contributed by atoms with Gasteiger partial charge in [0.25, 0.3) is 0 Å². The summed E-state index contributed by atoms with van der Waals surface area (Å²) in [6.45, 7) is 3.31. The second kappa shape index (κ2) is 9.46. The smallest absolute Gasteiger partial charge is 0.191 e. The molecule has 0 fully saturated rings. The number of rotatable bonds is 8. The fourth-order valence-electron chi connectivity index (χ4n) is 1.78. The van der Waals surface area contributed by atoms with E-state index in [2.05, 4.69) is 15.6 Å². The summed E-state index contributed by atoms with van der Waals surface area (Å²) in [6, 6.07) is 4.94. The summed E-state index contributed by atoms with van der Waals surface area (Å²) in [7, 11) is -1.34. The molecule has 0 atom stereocenters. The molecule has 0 radical (unpaired) electrons. The average Bonchev–Trinajstić information content (AvgIpc) is 2.48. The molecule has 0 bridgehead atoms. The molecule has 0 spiro atoms. The number of sulfone groups is 1. The highest BCUT2D eigenvalue weighted by atomic mass is 32.2. The van der Waals surface area contributed by atoms with Gasteiger partial charge in [-0.05, 0) is 24.1 Å². The van der Waals surface area contributed by atoms with Gasteiger partial charge in [0.1, 0.15) is 15.7 Å². The summed E-state index contributed by atoms with van der Waals surface area (Å²) in [5.74, 6) is 0.394. The maximum Gasteiger partial charge on any atom is 0.191 e. The average molecular weight is 345 g/mol. The van der Waals surface area contributed by atoms with Crippen LogP contribution in [0.25, 0.3) is 0 Å². The Morgan fingerprint density at radius 3 is 2.65 bits per heavy atom. The summed E-state index contributed by atoms with van der Waals surface area (Å²) >= 11 is 0. The molecular weight excluding hydrogens is 321 g/mol. The van der Waals surface area contributed by atoms with Crippen LogP contribution in [0, 0.1) is 12.7 Å². The normalized spacial score (nSPS) is 12.3. The number of hydrogen-bond donors (Lipinski definition) is 2. The van der Waals surface area contributed by atoms with E-state index < -0.39 is 9.84 Å². The van der Waals surface area contributed by atoms with Gasteiger partial charge >= 0.3 is 0 Å². The Hall–Kier alpha value is -1.67. The molecule has 8 heteroatoms. The van der Waals surface area contributed by atoms with Crippen molar-refractivity contribution in [3.63, 3.8) is 0 Å². The summed E-state index contributed by atoms with van der Waals surface area (Å²) in [4.78, 5) is 4.07. The molecule has 1 aromatic carbocycles. The molecule has 0 aromatic heterocycles. The van der Waals surface area contributed by atoms with Crippen LogP contribution in [0.4, 0.5) is 4.39 Å². The van der Waals surface area contributed by atoms with E-state index in [0.717, 1.165) is 5.56 Å². The van der Waals surface area contributed by atoms with Crippen molar-refractivity contribution < 1.29 is 17.5 Å². The molecule has 0 aliphatic heterocycles. The minimum absolute atomic E-state index is 0.0178. The van der Waals surface area contributed by atoms with Crippen LogP contribution in [0.3, 0.4) is 0 Å². The Labute approximate surface area is 137 Å². The minimum atomic E-state index is -2.99. The van der Waals surface area contributed by atoms with E-state index in [0.29, 0.717) is 31.2 Å². The summed E-state index contributed by atoms with van der Waals surface area (Å²) in [6.07, 6.45) is 1.18. The molecule has 0 saturated heterocycles. The van der Waals surface area contributed by atoms with E-state index in [1.807, 2.05) is 0 Å². The first-order chi connectivity index (χ1) is 10.8. The first-order valence-corrected chi connectivity index (χ1v) is 9.33. The third-order valence-corrected chi connectivity index (χ3v) is 3.95. The lowest BCUT2D eigenvalue weighted by atomic mass is 10.1. The zero-order valence-electron chi connectivity index (χ0n) is 13.7. The number of benzene rings is 1. The van der Waals surface area contributed by atoms with Gasteiger partial charge in [0.15, 0.2) is 5.96 Å². The first-order valence-electron chi connectivity index (χ1n) is 7.27. The molecule has 0 aliphatic rings. The van der Waals surface area contributed by atoms with Gasteiger partial charge in [-0.1, -0.05) is 12.1 Å². The Balaban J connectivity index is 2.25. The SMILES string of the molecule is CN=C(NCCOCCS(C)(=O)=O)NCc1ccc(F)c(C)c1. The Morgan fingerprint density at radius 1 is 1.30 bits per heavy atom.